The normalized spacial score (nSPS) is 43.7. The lowest BCUT2D eigenvalue weighted by Gasteiger charge is -2.54. The molecule has 0 unspecified atom stereocenters. The summed E-state index contributed by atoms with van der Waals surface area (Å²) in [6.07, 6.45) is 15.9. The van der Waals surface area contributed by atoms with Crippen molar-refractivity contribution < 1.29 is 14.3 Å². The summed E-state index contributed by atoms with van der Waals surface area (Å²) < 4.78 is 13.9. The number of esters is 1. The van der Waals surface area contributed by atoms with E-state index in [9.17, 15) is 4.79 Å². The molecule has 6 heteroatoms. The molecule has 1 saturated heterocycles. The maximum absolute atomic E-state index is 11.9. The van der Waals surface area contributed by atoms with Crippen molar-refractivity contribution in [2.24, 2.45) is 46.8 Å². The lowest BCUT2D eigenvalue weighted by Crippen LogP contribution is -2.46. The monoisotopic (exact) mass is 551 g/mol. The number of rotatable bonds is 5. The van der Waals surface area contributed by atoms with Crippen LogP contribution in [0.3, 0.4) is 0 Å². The molecule has 6 rings (SSSR count). The molecule has 6 nitrogen and oxygen atoms in total. The number of fused-ring (bicyclic) bond motifs is 5. The second-order valence-corrected chi connectivity index (χ2v) is 15.0. The predicted molar refractivity (Wildman–Crippen MR) is 157 cm³/mol. The van der Waals surface area contributed by atoms with Crippen molar-refractivity contribution in [3.05, 3.63) is 23.0 Å². The van der Waals surface area contributed by atoms with Gasteiger partial charge in [0.1, 0.15) is 0 Å². The minimum atomic E-state index is -0.403. The third-order valence-corrected chi connectivity index (χ3v) is 13.3. The molecule has 5 aliphatic rings. The minimum absolute atomic E-state index is 0.0501. The molecule has 0 bridgehead atoms. The fourth-order valence-electron chi connectivity index (χ4n) is 10.4. The average molecular weight is 552 g/mol. The van der Waals surface area contributed by atoms with Crippen molar-refractivity contribution in [1.82, 2.24) is 15.0 Å². The minimum Gasteiger partial charge on any atom is -0.464 e. The highest BCUT2D eigenvalue weighted by Crippen LogP contribution is 2.66. The summed E-state index contributed by atoms with van der Waals surface area (Å²) in [5.41, 5.74) is 4.26. The molecule has 0 amide bonds. The van der Waals surface area contributed by atoms with E-state index in [0.717, 1.165) is 42.9 Å². The van der Waals surface area contributed by atoms with Crippen LogP contribution in [-0.2, 0) is 9.47 Å². The summed E-state index contributed by atoms with van der Waals surface area (Å²) in [6.45, 7) is 14.8. The van der Waals surface area contributed by atoms with Gasteiger partial charge in [-0.2, -0.15) is 0 Å². The number of ether oxygens (including phenoxy) is 2. The maximum atomic E-state index is 11.9. The van der Waals surface area contributed by atoms with Crippen molar-refractivity contribution in [1.29, 1.82) is 0 Å². The summed E-state index contributed by atoms with van der Waals surface area (Å²) in [5, 5.41) is 8.42. The van der Waals surface area contributed by atoms with Gasteiger partial charge in [0, 0.05) is 0 Å². The van der Waals surface area contributed by atoms with Crippen LogP contribution in [0.15, 0.2) is 17.3 Å². The standard InChI is InChI=1S/C34H53N3O3/c1-8-20(2)15-31-22(4)23(5)34(40-31)14-12-26-27-10-9-24-16-25(37-19-30(35-36-37)32(38)39-7)11-13-33(24,6)29(27)17-28(26)21(3)18-34/h19-20,22-27,29,31H,8-18H2,1-7H3/t20-,22+,23-,24-,25+,26+,27+,29+,31-,33+,34+/m1/s1. The van der Waals surface area contributed by atoms with E-state index in [0.29, 0.717) is 41.0 Å². The van der Waals surface area contributed by atoms with Crippen LogP contribution in [0, 0.1) is 46.8 Å². The van der Waals surface area contributed by atoms with E-state index in [2.05, 4.69) is 51.9 Å². The third-order valence-electron chi connectivity index (χ3n) is 13.3. The Morgan fingerprint density at radius 2 is 2.02 bits per heavy atom. The van der Waals surface area contributed by atoms with E-state index in [4.69, 9.17) is 9.47 Å². The van der Waals surface area contributed by atoms with Gasteiger partial charge in [-0.15, -0.1) is 5.10 Å². The second-order valence-electron chi connectivity index (χ2n) is 15.0. The number of methoxy groups -OCH3 is 1. The van der Waals surface area contributed by atoms with Crippen molar-refractivity contribution in [3.8, 4) is 0 Å². The van der Waals surface area contributed by atoms with Gasteiger partial charge in [-0.05, 0) is 118 Å². The van der Waals surface area contributed by atoms with Crippen LogP contribution < -0.4 is 0 Å². The third kappa shape index (κ3) is 4.50. The first-order valence-electron chi connectivity index (χ1n) is 16.5. The molecule has 3 saturated carbocycles. The highest BCUT2D eigenvalue weighted by atomic mass is 16.5. The number of nitrogens with zero attached hydrogens (tertiary/aromatic N) is 3. The van der Waals surface area contributed by atoms with Crippen LogP contribution in [-0.4, -0.2) is 39.8 Å². The number of allylic oxidation sites excluding steroid dienone is 1. The summed E-state index contributed by atoms with van der Waals surface area (Å²) >= 11 is 0. The zero-order chi connectivity index (χ0) is 28.4. The van der Waals surface area contributed by atoms with Crippen LogP contribution >= 0.6 is 0 Å². The Bertz CT molecular complexity index is 1140. The summed E-state index contributed by atoms with van der Waals surface area (Å²) in [7, 11) is 1.40. The Balaban J connectivity index is 1.18. The first-order valence-corrected chi connectivity index (χ1v) is 16.5. The Kier molecular flexibility index (Phi) is 7.49. The van der Waals surface area contributed by atoms with Gasteiger partial charge in [0.25, 0.3) is 0 Å². The van der Waals surface area contributed by atoms with E-state index in [1.54, 1.807) is 11.8 Å². The highest BCUT2D eigenvalue weighted by Gasteiger charge is 2.58. The van der Waals surface area contributed by atoms with Crippen LogP contribution in [0.1, 0.15) is 129 Å². The van der Waals surface area contributed by atoms with E-state index in [1.807, 2.05) is 10.3 Å². The zero-order valence-corrected chi connectivity index (χ0v) is 26.1. The fourth-order valence-corrected chi connectivity index (χ4v) is 10.4. The molecule has 1 aliphatic heterocycles. The van der Waals surface area contributed by atoms with Gasteiger partial charge in [-0.1, -0.05) is 57.4 Å². The number of carbonyl (C=O) groups is 1. The largest absolute Gasteiger partial charge is 0.464 e. The lowest BCUT2D eigenvalue weighted by atomic mass is 9.52. The van der Waals surface area contributed by atoms with E-state index in [1.165, 1.54) is 58.5 Å². The van der Waals surface area contributed by atoms with Gasteiger partial charge < -0.3 is 9.47 Å². The number of carbonyl (C=O) groups excluding carboxylic acids is 1. The average Bonchev–Trinajstić information content (AvgIpc) is 3.62. The molecule has 0 N–H and O–H groups in total. The lowest BCUT2D eigenvalue weighted by molar-refractivity contribution is -0.0740. The zero-order valence-electron chi connectivity index (χ0n) is 26.1. The Labute approximate surface area is 242 Å². The van der Waals surface area contributed by atoms with Gasteiger partial charge in [-0.3, -0.25) is 0 Å². The first kappa shape index (κ1) is 28.4. The summed E-state index contributed by atoms with van der Waals surface area (Å²) in [6, 6.07) is 0.333. The highest BCUT2D eigenvalue weighted by molar-refractivity contribution is 5.86. The van der Waals surface area contributed by atoms with E-state index < -0.39 is 5.97 Å². The molecule has 11 atom stereocenters. The summed E-state index contributed by atoms with van der Waals surface area (Å²) in [5.74, 6) is 4.73. The molecule has 0 radical (unpaired) electrons. The van der Waals surface area contributed by atoms with Gasteiger partial charge in [0.15, 0.2) is 5.69 Å². The second kappa shape index (κ2) is 10.5. The van der Waals surface area contributed by atoms with Crippen molar-refractivity contribution in [2.75, 3.05) is 7.11 Å². The van der Waals surface area contributed by atoms with Gasteiger partial charge in [-0.25, -0.2) is 9.48 Å². The molecular formula is C34H53N3O3. The van der Waals surface area contributed by atoms with Crippen molar-refractivity contribution in [3.63, 3.8) is 0 Å². The smallest absolute Gasteiger partial charge is 0.360 e. The number of hydrogen-bond acceptors (Lipinski definition) is 5. The van der Waals surface area contributed by atoms with Gasteiger partial charge in [0.2, 0.25) is 0 Å². The van der Waals surface area contributed by atoms with Crippen LogP contribution in [0.25, 0.3) is 0 Å². The Hall–Kier alpha value is -1.69. The van der Waals surface area contributed by atoms with Crippen molar-refractivity contribution >= 4 is 5.97 Å². The van der Waals surface area contributed by atoms with E-state index >= 15 is 0 Å². The molecule has 4 fully saturated rings. The molecular weight excluding hydrogens is 498 g/mol. The van der Waals surface area contributed by atoms with Crippen molar-refractivity contribution in [2.45, 2.75) is 130 Å². The molecule has 40 heavy (non-hydrogen) atoms. The first-order chi connectivity index (χ1) is 19.1. The predicted octanol–water partition coefficient (Wildman–Crippen LogP) is 7.80. The molecule has 2 heterocycles. The quantitative estimate of drug-likeness (QED) is 0.276. The molecule has 4 aliphatic carbocycles. The Morgan fingerprint density at radius 1 is 1.23 bits per heavy atom. The molecule has 0 aromatic carbocycles. The van der Waals surface area contributed by atoms with Gasteiger partial charge >= 0.3 is 5.97 Å². The van der Waals surface area contributed by atoms with Crippen LogP contribution in [0.2, 0.25) is 0 Å². The summed E-state index contributed by atoms with van der Waals surface area (Å²) in [4.78, 5) is 11.9. The number of hydrogen-bond donors (Lipinski definition) is 0. The SMILES string of the molecule is CC[C@@H](C)C[C@H]1O[C@]2(CC[C@@H]3C(=C(C)C2)C[C@H]2[C@H]3CC[C@@H]3C[C@@H](n4cc(C(=O)OC)nn4)CC[C@@]32C)[C@H](C)[C@@H]1C. The fraction of sp³-hybridized carbons (Fsp3) is 0.853. The van der Waals surface area contributed by atoms with Crippen LogP contribution in [0.5, 0.6) is 0 Å². The van der Waals surface area contributed by atoms with Gasteiger partial charge in [0.05, 0.1) is 31.1 Å². The molecule has 1 spiro atoms. The molecule has 1 aromatic heterocycles. The maximum Gasteiger partial charge on any atom is 0.360 e. The van der Waals surface area contributed by atoms with Crippen LogP contribution in [0.4, 0.5) is 0 Å². The Morgan fingerprint density at radius 3 is 2.77 bits per heavy atom. The topological polar surface area (TPSA) is 66.2 Å². The van der Waals surface area contributed by atoms with E-state index in [-0.39, 0.29) is 5.60 Å². The number of aromatic nitrogens is 3. The molecule has 1 aromatic rings. The molecule has 222 valence electrons.